The van der Waals surface area contributed by atoms with Crippen molar-refractivity contribution in [1.82, 2.24) is 14.8 Å². The zero-order valence-corrected chi connectivity index (χ0v) is 14.6. The van der Waals surface area contributed by atoms with Gasteiger partial charge in [0.15, 0.2) is 0 Å². The number of nitrogens with zero attached hydrogens (tertiary/aromatic N) is 3. The lowest BCUT2D eigenvalue weighted by Crippen LogP contribution is -2.38. The maximum Gasteiger partial charge on any atom is 0.224 e. The molecule has 1 unspecified atom stereocenters. The minimum atomic E-state index is -0.153. The Bertz CT molecular complexity index is 707. The summed E-state index contributed by atoms with van der Waals surface area (Å²) in [5, 5.41) is 0. The Hall–Kier alpha value is -2.27. The zero-order chi connectivity index (χ0) is 17.6. The van der Waals surface area contributed by atoms with E-state index in [0.29, 0.717) is 25.9 Å². The second kappa shape index (κ2) is 8.21. The van der Waals surface area contributed by atoms with Gasteiger partial charge in [-0.3, -0.25) is 14.7 Å². The van der Waals surface area contributed by atoms with Crippen LogP contribution < -0.4 is 0 Å². The predicted molar refractivity (Wildman–Crippen MR) is 95.4 cm³/mol. The number of carbonyl (C=O) groups is 1. The van der Waals surface area contributed by atoms with E-state index in [-0.39, 0.29) is 17.8 Å². The molecule has 1 saturated heterocycles. The summed E-state index contributed by atoms with van der Waals surface area (Å²) < 4.78 is 13.9. The van der Waals surface area contributed by atoms with Crippen molar-refractivity contribution in [3.05, 3.63) is 65.7 Å². The van der Waals surface area contributed by atoms with Crippen LogP contribution in [-0.2, 0) is 17.8 Å². The number of aromatic nitrogens is 1. The molecular formula is C20H24FN3O. The summed E-state index contributed by atoms with van der Waals surface area (Å²) >= 11 is 0. The SMILES string of the molecule is CC(Cc1ccccc1F)N1CCC(=O)N(Cc2ccncc2)CC1. The van der Waals surface area contributed by atoms with Crippen LogP contribution in [0.1, 0.15) is 24.5 Å². The van der Waals surface area contributed by atoms with E-state index >= 15 is 0 Å². The Morgan fingerprint density at radius 3 is 2.64 bits per heavy atom. The molecule has 1 aromatic carbocycles. The van der Waals surface area contributed by atoms with Crippen molar-refractivity contribution >= 4 is 5.91 Å². The summed E-state index contributed by atoms with van der Waals surface area (Å²) in [6.07, 6.45) is 4.67. The molecule has 132 valence electrons. The highest BCUT2D eigenvalue weighted by atomic mass is 19.1. The summed E-state index contributed by atoms with van der Waals surface area (Å²) in [6.45, 7) is 4.96. The molecule has 2 heterocycles. The highest BCUT2D eigenvalue weighted by molar-refractivity contribution is 5.76. The Morgan fingerprint density at radius 2 is 1.88 bits per heavy atom. The Balaban J connectivity index is 1.60. The fourth-order valence-electron chi connectivity index (χ4n) is 3.31. The van der Waals surface area contributed by atoms with Gasteiger partial charge in [0.05, 0.1) is 0 Å². The molecule has 0 radical (unpaired) electrons. The largest absolute Gasteiger partial charge is 0.337 e. The molecule has 0 aliphatic carbocycles. The average molecular weight is 341 g/mol. The first-order valence-electron chi connectivity index (χ1n) is 8.77. The molecule has 1 aliphatic rings. The number of halogens is 1. The fourth-order valence-corrected chi connectivity index (χ4v) is 3.31. The van der Waals surface area contributed by atoms with E-state index in [9.17, 15) is 9.18 Å². The molecule has 0 bridgehead atoms. The fraction of sp³-hybridized carbons (Fsp3) is 0.400. The number of pyridine rings is 1. The third kappa shape index (κ3) is 4.63. The third-order valence-electron chi connectivity index (χ3n) is 4.84. The van der Waals surface area contributed by atoms with Gasteiger partial charge >= 0.3 is 0 Å². The smallest absolute Gasteiger partial charge is 0.224 e. The molecule has 3 rings (SSSR count). The molecule has 0 saturated carbocycles. The number of rotatable bonds is 5. The van der Waals surface area contributed by atoms with Crippen molar-refractivity contribution in [2.24, 2.45) is 0 Å². The van der Waals surface area contributed by atoms with Crippen LogP contribution in [0, 0.1) is 5.82 Å². The van der Waals surface area contributed by atoms with Crippen LogP contribution in [0.3, 0.4) is 0 Å². The quantitative estimate of drug-likeness (QED) is 0.839. The number of hydrogen-bond acceptors (Lipinski definition) is 3. The van der Waals surface area contributed by atoms with Crippen LogP contribution in [0.4, 0.5) is 4.39 Å². The van der Waals surface area contributed by atoms with Crippen LogP contribution in [0.15, 0.2) is 48.8 Å². The van der Waals surface area contributed by atoms with Crippen LogP contribution in [0.5, 0.6) is 0 Å². The van der Waals surface area contributed by atoms with E-state index in [0.717, 1.165) is 24.2 Å². The Labute approximate surface area is 148 Å². The minimum Gasteiger partial charge on any atom is -0.337 e. The summed E-state index contributed by atoms with van der Waals surface area (Å²) in [5.74, 6) is 0.0250. The Morgan fingerprint density at radius 1 is 1.12 bits per heavy atom. The predicted octanol–water partition coefficient (Wildman–Crippen LogP) is 2.89. The second-order valence-corrected chi connectivity index (χ2v) is 6.60. The minimum absolute atomic E-state index is 0.153. The molecule has 1 atom stereocenters. The van der Waals surface area contributed by atoms with Gasteiger partial charge in [-0.05, 0) is 42.7 Å². The molecule has 1 aliphatic heterocycles. The average Bonchev–Trinajstić information content (AvgIpc) is 2.80. The molecule has 1 amide bonds. The van der Waals surface area contributed by atoms with E-state index in [1.54, 1.807) is 18.5 Å². The summed E-state index contributed by atoms with van der Waals surface area (Å²) in [4.78, 5) is 20.6. The van der Waals surface area contributed by atoms with E-state index in [2.05, 4.69) is 16.8 Å². The highest BCUT2D eigenvalue weighted by Gasteiger charge is 2.24. The monoisotopic (exact) mass is 341 g/mol. The van der Waals surface area contributed by atoms with Crippen LogP contribution in [0.25, 0.3) is 0 Å². The molecule has 2 aromatic rings. The summed E-state index contributed by atoms with van der Waals surface area (Å²) in [5.41, 5.74) is 1.83. The van der Waals surface area contributed by atoms with Crippen LogP contribution in [0.2, 0.25) is 0 Å². The van der Waals surface area contributed by atoms with E-state index in [1.165, 1.54) is 6.07 Å². The molecule has 25 heavy (non-hydrogen) atoms. The van der Waals surface area contributed by atoms with Gasteiger partial charge in [0.25, 0.3) is 0 Å². The highest BCUT2D eigenvalue weighted by Crippen LogP contribution is 2.16. The van der Waals surface area contributed by atoms with Gasteiger partial charge in [-0.15, -0.1) is 0 Å². The summed E-state index contributed by atoms with van der Waals surface area (Å²) in [6, 6.07) is 11.0. The number of carbonyl (C=O) groups excluding carboxylic acids is 1. The molecule has 1 fully saturated rings. The number of hydrogen-bond donors (Lipinski definition) is 0. The van der Waals surface area contributed by atoms with Gasteiger partial charge in [0.1, 0.15) is 5.82 Å². The normalized spacial score (nSPS) is 17.4. The molecule has 1 aromatic heterocycles. The zero-order valence-electron chi connectivity index (χ0n) is 14.6. The first-order chi connectivity index (χ1) is 12.1. The third-order valence-corrected chi connectivity index (χ3v) is 4.84. The first kappa shape index (κ1) is 17.5. The van der Waals surface area contributed by atoms with Crippen LogP contribution in [-0.4, -0.2) is 46.4 Å². The van der Waals surface area contributed by atoms with Gasteiger partial charge in [-0.25, -0.2) is 4.39 Å². The molecule has 5 heteroatoms. The standard InChI is InChI=1S/C20H24FN3O/c1-16(14-18-4-2-3-5-19(18)21)23-11-8-20(25)24(13-12-23)15-17-6-9-22-10-7-17/h2-7,9-10,16H,8,11-15H2,1H3. The van der Waals surface area contributed by atoms with E-state index in [4.69, 9.17) is 0 Å². The lowest BCUT2D eigenvalue weighted by molar-refractivity contribution is -0.130. The van der Waals surface area contributed by atoms with Crippen molar-refractivity contribution in [2.75, 3.05) is 19.6 Å². The lowest BCUT2D eigenvalue weighted by Gasteiger charge is -2.28. The van der Waals surface area contributed by atoms with E-state index < -0.39 is 0 Å². The van der Waals surface area contributed by atoms with Gasteiger partial charge in [0.2, 0.25) is 5.91 Å². The van der Waals surface area contributed by atoms with Gasteiger partial charge in [-0.1, -0.05) is 18.2 Å². The van der Waals surface area contributed by atoms with Crippen LogP contribution >= 0.6 is 0 Å². The van der Waals surface area contributed by atoms with Crippen molar-refractivity contribution in [1.29, 1.82) is 0 Å². The molecule has 0 spiro atoms. The molecular weight excluding hydrogens is 317 g/mol. The van der Waals surface area contributed by atoms with Gasteiger partial charge in [-0.2, -0.15) is 0 Å². The lowest BCUT2D eigenvalue weighted by atomic mass is 10.1. The topological polar surface area (TPSA) is 36.4 Å². The Kier molecular flexibility index (Phi) is 5.76. The van der Waals surface area contributed by atoms with Gasteiger partial charge < -0.3 is 4.90 Å². The number of benzene rings is 1. The molecule has 4 nitrogen and oxygen atoms in total. The van der Waals surface area contributed by atoms with Crippen molar-refractivity contribution in [3.63, 3.8) is 0 Å². The molecule has 0 N–H and O–H groups in total. The maximum atomic E-state index is 13.9. The maximum absolute atomic E-state index is 13.9. The van der Waals surface area contributed by atoms with Gasteiger partial charge in [0, 0.05) is 51.0 Å². The second-order valence-electron chi connectivity index (χ2n) is 6.60. The first-order valence-corrected chi connectivity index (χ1v) is 8.77. The summed E-state index contributed by atoms with van der Waals surface area (Å²) in [7, 11) is 0. The van der Waals surface area contributed by atoms with Crippen molar-refractivity contribution < 1.29 is 9.18 Å². The van der Waals surface area contributed by atoms with Crippen molar-refractivity contribution in [3.8, 4) is 0 Å². The van der Waals surface area contributed by atoms with E-state index in [1.807, 2.05) is 29.2 Å². The number of amides is 1. The van der Waals surface area contributed by atoms with Crippen molar-refractivity contribution in [2.45, 2.75) is 32.4 Å².